The first kappa shape index (κ1) is 21.3. The monoisotopic (exact) mass is 439 g/mol. The average Bonchev–Trinajstić information content (AvgIpc) is 3.44. The van der Waals surface area contributed by atoms with Gasteiger partial charge in [-0.05, 0) is 62.7 Å². The van der Waals surface area contributed by atoms with Gasteiger partial charge in [-0.1, -0.05) is 35.9 Å². The van der Waals surface area contributed by atoms with Crippen molar-refractivity contribution in [3.8, 4) is 11.4 Å². The number of hydrogen-bond acceptors (Lipinski definition) is 5. The predicted octanol–water partition coefficient (Wildman–Crippen LogP) is 3.80. The van der Waals surface area contributed by atoms with Gasteiger partial charge in [0.05, 0.1) is 23.9 Å². The number of ether oxygens (including phenoxy) is 1. The van der Waals surface area contributed by atoms with Crippen LogP contribution in [0.4, 0.5) is 0 Å². The molecule has 0 bridgehead atoms. The average molecular weight is 440 g/mol. The van der Waals surface area contributed by atoms with Crippen LogP contribution in [-0.2, 0) is 0 Å². The zero-order valence-corrected chi connectivity index (χ0v) is 18.5. The van der Waals surface area contributed by atoms with Gasteiger partial charge in [0.1, 0.15) is 11.6 Å². The lowest BCUT2D eigenvalue weighted by Crippen LogP contribution is -2.37. The van der Waals surface area contributed by atoms with Gasteiger partial charge in [0.15, 0.2) is 0 Å². The molecule has 3 aromatic rings. The summed E-state index contributed by atoms with van der Waals surface area (Å²) in [6, 6.07) is 15.4. The number of rotatable bonds is 7. The Labute approximate surface area is 187 Å². The molecule has 8 heteroatoms. The van der Waals surface area contributed by atoms with Crippen LogP contribution < -0.4 is 10.1 Å². The van der Waals surface area contributed by atoms with Crippen LogP contribution in [0, 0.1) is 6.92 Å². The van der Waals surface area contributed by atoms with Crippen LogP contribution in [0.5, 0.6) is 5.75 Å². The predicted molar refractivity (Wildman–Crippen MR) is 120 cm³/mol. The Kier molecular flexibility index (Phi) is 6.53. The van der Waals surface area contributed by atoms with Gasteiger partial charge in [0.25, 0.3) is 5.91 Å². The number of halogens is 1. The summed E-state index contributed by atoms with van der Waals surface area (Å²) in [5.74, 6) is 1.23. The van der Waals surface area contributed by atoms with Crippen LogP contribution in [-0.4, -0.2) is 52.3 Å². The molecule has 7 nitrogen and oxygen atoms in total. The molecule has 0 radical (unpaired) electrons. The fourth-order valence-corrected chi connectivity index (χ4v) is 4.18. The van der Waals surface area contributed by atoms with Crippen molar-refractivity contribution in [1.29, 1.82) is 0 Å². The number of amides is 1. The van der Waals surface area contributed by atoms with E-state index in [1.54, 1.807) is 24.8 Å². The number of benzene rings is 2. The first-order chi connectivity index (χ1) is 15.1. The van der Waals surface area contributed by atoms with Crippen molar-refractivity contribution in [3.63, 3.8) is 0 Å². The first-order valence-electron chi connectivity index (χ1n) is 10.4. The number of hydrogen-bond donors (Lipinski definition) is 1. The van der Waals surface area contributed by atoms with Crippen LogP contribution in [0.25, 0.3) is 5.69 Å². The van der Waals surface area contributed by atoms with Crippen LogP contribution in [0.2, 0.25) is 5.02 Å². The Morgan fingerprint density at radius 3 is 2.71 bits per heavy atom. The summed E-state index contributed by atoms with van der Waals surface area (Å²) in [5.41, 5.74) is 1.81. The van der Waals surface area contributed by atoms with Crippen molar-refractivity contribution in [3.05, 3.63) is 70.8 Å². The van der Waals surface area contributed by atoms with E-state index in [1.807, 2.05) is 36.4 Å². The molecule has 1 N–H and O–H groups in total. The molecule has 1 fully saturated rings. The molecule has 2 aromatic carbocycles. The van der Waals surface area contributed by atoms with E-state index in [9.17, 15) is 4.79 Å². The fraction of sp³-hybridized carbons (Fsp3) is 0.348. The summed E-state index contributed by atoms with van der Waals surface area (Å²) in [6.45, 7) is 4.29. The van der Waals surface area contributed by atoms with E-state index in [-0.39, 0.29) is 17.8 Å². The highest BCUT2D eigenvalue weighted by Crippen LogP contribution is 2.27. The molecule has 31 heavy (non-hydrogen) atoms. The first-order valence-corrected chi connectivity index (χ1v) is 10.8. The second-order valence-corrected chi connectivity index (χ2v) is 8.00. The smallest absolute Gasteiger partial charge is 0.291 e. The minimum atomic E-state index is -0.305. The molecular formula is C23H26ClN5O2. The lowest BCUT2D eigenvalue weighted by Gasteiger charge is -2.28. The summed E-state index contributed by atoms with van der Waals surface area (Å²) in [6.07, 6.45) is 2.33. The molecule has 1 aromatic heterocycles. The molecule has 1 unspecified atom stereocenters. The summed E-state index contributed by atoms with van der Waals surface area (Å²) >= 11 is 6.28. The van der Waals surface area contributed by atoms with E-state index in [2.05, 4.69) is 26.4 Å². The maximum atomic E-state index is 12.9. The highest BCUT2D eigenvalue weighted by molar-refractivity contribution is 6.32. The zero-order valence-electron chi connectivity index (χ0n) is 17.7. The van der Waals surface area contributed by atoms with Crippen molar-refractivity contribution >= 4 is 17.5 Å². The molecule has 1 aliphatic heterocycles. The number of aromatic nitrogens is 3. The third-order valence-corrected chi connectivity index (χ3v) is 5.89. The molecule has 1 aliphatic rings. The summed E-state index contributed by atoms with van der Waals surface area (Å²) in [4.78, 5) is 19.6. The molecule has 1 amide bonds. The Morgan fingerprint density at radius 1 is 1.19 bits per heavy atom. The second-order valence-electron chi connectivity index (χ2n) is 7.59. The lowest BCUT2D eigenvalue weighted by molar-refractivity contribution is 0.0927. The number of para-hydroxylation sites is 1. The van der Waals surface area contributed by atoms with Crippen molar-refractivity contribution in [1.82, 2.24) is 25.0 Å². The summed E-state index contributed by atoms with van der Waals surface area (Å²) in [7, 11) is 1.66. The Morgan fingerprint density at radius 2 is 1.97 bits per heavy atom. The van der Waals surface area contributed by atoms with Gasteiger partial charge in [-0.2, -0.15) is 0 Å². The van der Waals surface area contributed by atoms with Gasteiger partial charge in [0, 0.05) is 6.54 Å². The van der Waals surface area contributed by atoms with Gasteiger partial charge in [-0.3, -0.25) is 9.69 Å². The standard InChI is InChI=1S/C23H26ClN5O2/c1-16-26-22(27-29(16)20-11-4-3-10-19(20)24)23(30)25-15-21(28-12-5-6-13-28)17-8-7-9-18(14-17)31-2/h3-4,7-11,14,21H,5-6,12-13,15H2,1-2H3,(H,25,30). The Hall–Kier alpha value is -2.90. The minimum absolute atomic E-state index is 0.0632. The maximum absolute atomic E-state index is 12.9. The van der Waals surface area contributed by atoms with E-state index >= 15 is 0 Å². The summed E-state index contributed by atoms with van der Waals surface area (Å²) < 4.78 is 6.99. The molecule has 0 spiro atoms. The Balaban J connectivity index is 1.52. The van der Waals surface area contributed by atoms with Gasteiger partial charge in [-0.15, -0.1) is 5.10 Å². The molecule has 0 saturated carbocycles. The number of nitrogens with zero attached hydrogens (tertiary/aromatic N) is 4. The molecule has 162 valence electrons. The Bertz CT molecular complexity index is 1060. The molecule has 1 atom stereocenters. The van der Waals surface area contributed by atoms with Crippen LogP contribution >= 0.6 is 11.6 Å². The van der Waals surface area contributed by atoms with Crippen LogP contribution in [0.15, 0.2) is 48.5 Å². The van der Waals surface area contributed by atoms with E-state index < -0.39 is 0 Å². The van der Waals surface area contributed by atoms with E-state index in [4.69, 9.17) is 16.3 Å². The minimum Gasteiger partial charge on any atom is -0.497 e. The van der Waals surface area contributed by atoms with Gasteiger partial charge in [0.2, 0.25) is 5.82 Å². The number of aryl methyl sites for hydroxylation is 1. The van der Waals surface area contributed by atoms with Gasteiger partial charge < -0.3 is 10.1 Å². The van der Waals surface area contributed by atoms with E-state index in [0.29, 0.717) is 23.1 Å². The molecule has 0 aliphatic carbocycles. The SMILES string of the molecule is COc1cccc(C(CNC(=O)c2nc(C)n(-c3ccccc3Cl)n2)N2CCCC2)c1. The van der Waals surface area contributed by atoms with Crippen LogP contribution in [0.1, 0.15) is 40.9 Å². The van der Waals surface area contributed by atoms with E-state index in [1.165, 1.54) is 0 Å². The summed E-state index contributed by atoms with van der Waals surface area (Å²) in [5, 5.41) is 7.97. The van der Waals surface area contributed by atoms with Gasteiger partial charge >= 0.3 is 0 Å². The molecule has 2 heterocycles. The van der Waals surface area contributed by atoms with Crippen molar-refractivity contribution in [2.45, 2.75) is 25.8 Å². The van der Waals surface area contributed by atoms with Crippen LogP contribution in [0.3, 0.4) is 0 Å². The number of likely N-dealkylation sites (tertiary alicyclic amines) is 1. The van der Waals surface area contributed by atoms with E-state index in [0.717, 1.165) is 37.2 Å². The quantitative estimate of drug-likeness (QED) is 0.606. The fourth-order valence-electron chi connectivity index (χ4n) is 3.97. The highest BCUT2D eigenvalue weighted by Gasteiger charge is 2.25. The number of nitrogens with one attached hydrogen (secondary N) is 1. The highest BCUT2D eigenvalue weighted by atomic mass is 35.5. The number of methoxy groups -OCH3 is 1. The molecule has 4 rings (SSSR count). The van der Waals surface area contributed by atoms with Gasteiger partial charge in [-0.25, -0.2) is 9.67 Å². The third kappa shape index (κ3) is 4.73. The maximum Gasteiger partial charge on any atom is 0.291 e. The van der Waals surface area contributed by atoms with Crippen molar-refractivity contribution < 1.29 is 9.53 Å². The number of carbonyl (C=O) groups is 1. The number of carbonyl (C=O) groups excluding carboxylic acids is 1. The zero-order chi connectivity index (χ0) is 21.8. The third-order valence-electron chi connectivity index (χ3n) is 5.57. The largest absolute Gasteiger partial charge is 0.497 e. The normalized spacial score (nSPS) is 15.1. The lowest BCUT2D eigenvalue weighted by atomic mass is 10.0. The molecule has 1 saturated heterocycles. The molecular weight excluding hydrogens is 414 g/mol. The van der Waals surface area contributed by atoms with Crippen molar-refractivity contribution in [2.24, 2.45) is 0 Å². The topological polar surface area (TPSA) is 72.3 Å². The van der Waals surface area contributed by atoms with Crippen molar-refractivity contribution in [2.75, 3.05) is 26.7 Å². The second kappa shape index (κ2) is 9.49.